The first-order valence-electron chi connectivity index (χ1n) is 17.3. The van der Waals surface area contributed by atoms with Gasteiger partial charge in [-0.25, -0.2) is 4.39 Å². The summed E-state index contributed by atoms with van der Waals surface area (Å²) < 4.78 is 14.9. The van der Waals surface area contributed by atoms with Crippen molar-refractivity contribution in [2.24, 2.45) is 0 Å². The van der Waals surface area contributed by atoms with Crippen LogP contribution in [0.2, 0.25) is 0 Å². The first-order chi connectivity index (χ1) is 23.8. The van der Waals surface area contributed by atoms with Crippen molar-refractivity contribution in [3.05, 3.63) is 168 Å². The summed E-state index contributed by atoms with van der Waals surface area (Å²) in [5.74, 6) is -0.183. The molecule has 0 aliphatic heterocycles. The van der Waals surface area contributed by atoms with Crippen molar-refractivity contribution < 1.29 is 4.39 Å². The van der Waals surface area contributed by atoms with Crippen LogP contribution in [0.15, 0.2) is 140 Å². The molecule has 0 saturated carbocycles. The average molecular weight is 631 g/mol. The second kappa shape index (κ2) is 9.77. The maximum atomic E-state index is 14.9. The van der Waals surface area contributed by atoms with Crippen molar-refractivity contribution in [1.82, 2.24) is 0 Å². The fourth-order valence-corrected chi connectivity index (χ4v) is 9.42. The topological polar surface area (TPSA) is 0 Å². The molecule has 0 bridgehead atoms. The lowest BCUT2D eigenvalue weighted by Gasteiger charge is -2.26. The van der Waals surface area contributed by atoms with Gasteiger partial charge in [-0.15, -0.1) is 0 Å². The summed E-state index contributed by atoms with van der Waals surface area (Å²) in [5.41, 5.74) is 14.5. The molecular formula is C48H35F. The molecule has 0 aromatic heterocycles. The molecule has 0 amide bonds. The molecule has 0 N–H and O–H groups in total. The highest BCUT2D eigenvalue weighted by molar-refractivity contribution is 6.26. The Kier molecular flexibility index (Phi) is 5.68. The van der Waals surface area contributed by atoms with E-state index in [0.717, 1.165) is 11.1 Å². The number of rotatable bonds is 2. The van der Waals surface area contributed by atoms with Gasteiger partial charge >= 0.3 is 0 Å². The molecule has 234 valence electrons. The maximum Gasteiger partial charge on any atom is 0.123 e. The lowest BCUT2D eigenvalue weighted by molar-refractivity contribution is 0.609. The van der Waals surface area contributed by atoms with Crippen LogP contribution in [-0.2, 0) is 10.8 Å². The summed E-state index contributed by atoms with van der Waals surface area (Å²) in [5, 5.41) is 7.52. The Morgan fingerprint density at radius 3 is 1.61 bits per heavy atom. The van der Waals surface area contributed by atoms with Gasteiger partial charge in [0.05, 0.1) is 0 Å². The van der Waals surface area contributed by atoms with Gasteiger partial charge in [-0.1, -0.05) is 149 Å². The minimum Gasteiger partial charge on any atom is -0.207 e. The monoisotopic (exact) mass is 630 g/mol. The molecule has 49 heavy (non-hydrogen) atoms. The molecule has 2 aliphatic carbocycles. The van der Waals surface area contributed by atoms with Crippen LogP contribution in [0.5, 0.6) is 0 Å². The van der Waals surface area contributed by atoms with Gasteiger partial charge < -0.3 is 0 Å². The van der Waals surface area contributed by atoms with Crippen LogP contribution in [0.1, 0.15) is 49.9 Å². The Labute approximate surface area is 286 Å². The van der Waals surface area contributed by atoms with Crippen LogP contribution in [0, 0.1) is 5.82 Å². The highest BCUT2D eigenvalue weighted by Crippen LogP contribution is 2.60. The van der Waals surface area contributed by atoms with Crippen LogP contribution < -0.4 is 0 Å². The van der Waals surface area contributed by atoms with E-state index in [9.17, 15) is 4.39 Å². The predicted octanol–water partition coefficient (Wildman–Crippen LogP) is 13.2. The van der Waals surface area contributed by atoms with Gasteiger partial charge in [0.1, 0.15) is 5.82 Å². The lowest BCUT2D eigenvalue weighted by atomic mass is 9.77. The van der Waals surface area contributed by atoms with Crippen LogP contribution in [0.25, 0.3) is 76.8 Å². The van der Waals surface area contributed by atoms with Crippen molar-refractivity contribution >= 4 is 32.3 Å². The van der Waals surface area contributed by atoms with E-state index >= 15 is 0 Å². The minimum atomic E-state index is -0.325. The normalized spacial score (nSPS) is 15.0. The van der Waals surface area contributed by atoms with E-state index in [4.69, 9.17) is 0 Å². The number of halogens is 1. The smallest absolute Gasteiger partial charge is 0.123 e. The largest absolute Gasteiger partial charge is 0.207 e. The molecule has 2 aliphatic rings. The van der Waals surface area contributed by atoms with Crippen LogP contribution in [0.3, 0.4) is 0 Å². The van der Waals surface area contributed by atoms with E-state index in [-0.39, 0.29) is 16.6 Å². The fraction of sp³-hybridized carbons (Fsp3) is 0.125. The maximum absolute atomic E-state index is 14.9. The van der Waals surface area contributed by atoms with Gasteiger partial charge in [0.15, 0.2) is 0 Å². The third-order valence-corrected chi connectivity index (χ3v) is 11.7. The van der Waals surface area contributed by atoms with E-state index < -0.39 is 0 Å². The number of benzene rings is 8. The van der Waals surface area contributed by atoms with Crippen molar-refractivity contribution in [3.63, 3.8) is 0 Å². The quantitative estimate of drug-likeness (QED) is 0.167. The van der Waals surface area contributed by atoms with E-state index in [1.807, 2.05) is 6.07 Å². The number of hydrogen-bond donors (Lipinski definition) is 0. The Morgan fingerprint density at radius 2 is 0.918 bits per heavy atom. The van der Waals surface area contributed by atoms with Crippen LogP contribution in [0.4, 0.5) is 4.39 Å². The molecule has 8 aromatic rings. The highest BCUT2D eigenvalue weighted by atomic mass is 19.1. The zero-order valence-corrected chi connectivity index (χ0v) is 28.2. The van der Waals surface area contributed by atoms with Gasteiger partial charge in [0.2, 0.25) is 0 Å². The van der Waals surface area contributed by atoms with Gasteiger partial charge in [-0.3, -0.25) is 0 Å². The molecule has 0 radical (unpaired) electrons. The second-order valence-corrected chi connectivity index (χ2v) is 15.0. The lowest BCUT2D eigenvalue weighted by Crippen LogP contribution is -2.15. The van der Waals surface area contributed by atoms with E-state index in [2.05, 4.69) is 149 Å². The molecule has 0 atom stereocenters. The van der Waals surface area contributed by atoms with Crippen molar-refractivity contribution in [2.45, 2.75) is 38.5 Å². The summed E-state index contributed by atoms with van der Waals surface area (Å²) in [4.78, 5) is 0. The molecule has 0 nitrogen and oxygen atoms in total. The molecule has 0 heterocycles. The summed E-state index contributed by atoms with van der Waals surface area (Å²) in [6.45, 7) is 9.24. The highest BCUT2D eigenvalue weighted by Gasteiger charge is 2.42. The Hall–Kier alpha value is -5.53. The van der Waals surface area contributed by atoms with Gasteiger partial charge in [-0.05, 0) is 117 Å². The second-order valence-electron chi connectivity index (χ2n) is 15.0. The molecule has 0 spiro atoms. The Balaban J connectivity index is 1.44. The third kappa shape index (κ3) is 3.68. The van der Waals surface area contributed by atoms with Crippen LogP contribution >= 0.6 is 0 Å². The molecule has 0 saturated heterocycles. The zero-order chi connectivity index (χ0) is 33.2. The van der Waals surface area contributed by atoms with Crippen molar-refractivity contribution in [1.29, 1.82) is 0 Å². The summed E-state index contributed by atoms with van der Waals surface area (Å²) in [6.07, 6.45) is 0. The fourth-order valence-electron chi connectivity index (χ4n) is 9.42. The first kappa shape index (κ1) is 28.5. The van der Waals surface area contributed by atoms with Gasteiger partial charge in [0, 0.05) is 10.8 Å². The molecule has 0 unspecified atom stereocenters. The third-order valence-electron chi connectivity index (χ3n) is 11.7. The molecule has 10 rings (SSSR count). The SMILES string of the molecule is CC1(C)c2cc(F)ccc2-c2c1ccc1c(-c3c4ccccc4c(-c4ccccc4)c4ccccc34)cc3c(c21)-c1ccccc1C3(C)C. The van der Waals surface area contributed by atoms with Gasteiger partial charge in [0.25, 0.3) is 0 Å². The number of hydrogen-bond acceptors (Lipinski definition) is 0. The Morgan fingerprint density at radius 1 is 0.367 bits per heavy atom. The standard InChI is InChI=1S/C48H35F/c1-47(2)38-21-13-12-20-35(38)45-41(47)27-37(34-24-25-39-44(46(34)45)36-23-22-29(49)26-40(36)48(39,3)4)43-32-18-10-8-16-30(32)42(28-14-6-5-7-15-28)31-17-9-11-19-33(31)43/h5-27H,1-4H3. The van der Waals surface area contributed by atoms with Gasteiger partial charge in [-0.2, -0.15) is 0 Å². The molecule has 8 aromatic carbocycles. The van der Waals surface area contributed by atoms with E-state index in [1.165, 1.54) is 88.0 Å². The predicted molar refractivity (Wildman–Crippen MR) is 205 cm³/mol. The van der Waals surface area contributed by atoms with E-state index in [1.54, 1.807) is 12.1 Å². The first-order valence-corrected chi connectivity index (χ1v) is 17.3. The number of fused-ring (bicyclic) bond motifs is 11. The van der Waals surface area contributed by atoms with E-state index in [0.29, 0.717) is 0 Å². The molecule has 0 fully saturated rings. The average Bonchev–Trinajstić information content (AvgIpc) is 3.49. The summed E-state index contributed by atoms with van der Waals surface area (Å²) in [6, 6.07) is 50.2. The molecular weight excluding hydrogens is 596 g/mol. The minimum absolute atomic E-state index is 0.183. The van der Waals surface area contributed by atoms with Crippen molar-refractivity contribution in [3.8, 4) is 44.5 Å². The summed E-state index contributed by atoms with van der Waals surface area (Å²) >= 11 is 0. The Bertz CT molecular complexity index is 2650. The van der Waals surface area contributed by atoms with Crippen molar-refractivity contribution in [2.75, 3.05) is 0 Å². The van der Waals surface area contributed by atoms with Crippen LogP contribution in [-0.4, -0.2) is 0 Å². The molecule has 1 heteroatoms. The summed E-state index contributed by atoms with van der Waals surface area (Å²) in [7, 11) is 0. The zero-order valence-electron chi connectivity index (χ0n) is 28.2.